The zero-order valence-corrected chi connectivity index (χ0v) is 10.6. The van der Waals surface area contributed by atoms with Crippen LogP contribution in [0.3, 0.4) is 0 Å². The molecule has 5 heteroatoms. The summed E-state index contributed by atoms with van der Waals surface area (Å²) in [7, 11) is 0. The fraction of sp³-hybridized carbons (Fsp3) is 0. The molecule has 5 nitrogen and oxygen atoms in total. The van der Waals surface area contributed by atoms with Gasteiger partial charge in [-0.2, -0.15) is 5.21 Å². The van der Waals surface area contributed by atoms with Crippen LogP contribution in [0.4, 0.5) is 0 Å². The Balaban J connectivity index is 2.45. The maximum Gasteiger partial charge on any atom is 0.251 e. The van der Waals surface area contributed by atoms with Crippen LogP contribution in [0.1, 0.15) is 15.9 Å². The normalized spacial score (nSPS) is 14.7. The van der Waals surface area contributed by atoms with E-state index in [1.807, 2.05) is 0 Å². The van der Waals surface area contributed by atoms with E-state index in [1.54, 1.807) is 60.7 Å². The largest absolute Gasteiger partial charge is 0.573 e. The van der Waals surface area contributed by atoms with Crippen molar-refractivity contribution in [1.82, 2.24) is 0 Å². The van der Waals surface area contributed by atoms with Gasteiger partial charge in [0.2, 0.25) is 5.70 Å². The van der Waals surface area contributed by atoms with Gasteiger partial charge in [-0.1, -0.05) is 60.7 Å². The van der Waals surface area contributed by atoms with E-state index in [4.69, 9.17) is 5.84 Å². The molecule has 20 heavy (non-hydrogen) atoms. The van der Waals surface area contributed by atoms with Crippen LogP contribution in [-0.4, -0.2) is 15.9 Å². The van der Waals surface area contributed by atoms with E-state index in [0.29, 0.717) is 5.56 Å². The first-order chi connectivity index (χ1) is 9.48. The number of carbonyl (C=O) groups excluding carboxylic acids is 1. The molecule has 0 heterocycles. The van der Waals surface area contributed by atoms with Crippen molar-refractivity contribution in [3.05, 3.63) is 82.7 Å². The summed E-state index contributed by atoms with van der Waals surface area (Å²) in [6.45, 7) is 0. The highest BCUT2D eigenvalue weighted by molar-refractivity contribution is 6.09. The van der Waals surface area contributed by atoms with E-state index in [2.05, 4.69) is 0 Å². The van der Waals surface area contributed by atoms with Gasteiger partial charge in [0.1, 0.15) is 0 Å². The summed E-state index contributed by atoms with van der Waals surface area (Å²) in [4.78, 5) is 10.0. The Morgan fingerprint density at radius 1 is 1.05 bits per heavy atom. The lowest BCUT2D eigenvalue weighted by Crippen LogP contribution is -2.47. The van der Waals surface area contributed by atoms with Crippen molar-refractivity contribution < 1.29 is 14.9 Å². The Kier molecular flexibility index (Phi) is 4.07. The molecule has 2 aromatic carbocycles. The van der Waals surface area contributed by atoms with Crippen molar-refractivity contribution in [1.29, 1.82) is 0 Å². The Labute approximate surface area is 116 Å². The van der Waals surface area contributed by atoms with E-state index < -0.39 is 16.4 Å². The SMILES string of the molecule is N[N+]([O-])(O)C(=Cc1ccccc1)C(=O)c1ccccc1. The molecule has 2 aromatic rings. The molecule has 102 valence electrons. The molecule has 0 radical (unpaired) electrons. The second kappa shape index (κ2) is 5.77. The van der Waals surface area contributed by atoms with Crippen molar-refractivity contribution in [2.45, 2.75) is 0 Å². The lowest BCUT2D eigenvalue weighted by Gasteiger charge is -2.27. The van der Waals surface area contributed by atoms with Crippen LogP contribution >= 0.6 is 0 Å². The van der Waals surface area contributed by atoms with Gasteiger partial charge in [0.25, 0.3) is 5.78 Å². The maximum absolute atomic E-state index is 12.3. The molecule has 0 saturated heterocycles. The van der Waals surface area contributed by atoms with E-state index in [9.17, 15) is 15.2 Å². The average Bonchev–Trinajstić information content (AvgIpc) is 2.45. The zero-order chi connectivity index (χ0) is 14.6. The first-order valence-corrected chi connectivity index (χ1v) is 5.97. The number of nitrogens with two attached hydrogens (primary N) is 1. The van der Waals surface area contributed by atoms with Crippen LogP contribution in [0.15, 0.2) is 66.4 Å². The van der Waals surface area contributed by atoms with E-state index >= 15 is 0 Å². The minimum absolute atomic E-state index is 0.285. The fourth-order valence-electron chi connectivity index (χ4n) is 1.75. The van der Waals surface area contributed by atoms with Crippen LogP contribution in [-0.2, 0) is 0 Å². The van der Waals surface area contributed by atoms with Gasteiger partial charge >= 0.3 is 0 Å². The molecular weight excluding hydrogens is 256 g/mol. The number of hydrogen-bond acceptors (Lipinski definition) is 4. The smallest absolute Gasteiger partial charge is 0.251 e. The molecule has 0 aliphatic carbocycles. The molecule has 0 bridgehead atoms. The van der Waals surface area contributed by atoms with E-state index in [0.717, 1.165) is 0 Å². The van der Waals surface area contributed by atoms with Crippen LogP contribution < -0.4 is 5.84 Å². The Bertz CT molecular complexity index is 617. The lowest BCUT2D eigenvalue weighted by atomic mass is 10.1. The number of quaternary nitrogens is 1. The molecule has 0 saturated carbocycles. The minimum Gasteiger partial charge on any atom is -0.573 e. The third-order valence-electron chi connectivity index (χ3n) is 2.72. The first-order valence-electron chi connectivity index (χ1n) is 5.97. The van der Waals surface area contributed by atoms with Gasteiger partial charge in [0.05, 0.1) is 0 Å². The molecule has 0 aliphatic rings. The van der Waals surface area contributed by atoms with Crippen molar-refractivity contribution in [3.8, 4) is 0 Å². The highest BCUT2D eigenvalue weighted by Gasteiger charge is 2.26. The molecule has 0 aliphatic heterocycles. The number of Topliss-reactive ketones (excluding diaryl/α,β-unsaturated/α-hetero) is 1. The van der Waals surface area contributed by atoms with Crippen molar-refractivity contribution in [2.75, 3.05) is 0 Å². The number of hydrogen-bond donors (Lipinski definition) is 2. The van der Waals surface area contributed by atoms with Gasteiger partial charge < -0.3 is 5.21 Å². The van der Waals surface area contributed by atoms with Crippen molar-refractivity contribution >= 4 is 11.9 Å². The average molecular weight is 270 g/mol. The second-order valence-corrected chi connectivity index (χ2v) is 4.26. The fourth-order valence-corrected chi connectivity index (χ4v) is 1.75. The van der Waals surface area contributed by atoms with Gasteiger partial charge in [-0.05, 0) is 5.56 Å². The molecular formula is C15H14N2O3. The van der Waals surface area contributed by atoms with E-state index in [1.165, 1.54) is 6.08 Å². The van der Waals surface area contributed by atoms with Crippen LogP contribution in [0.2, 0.25) is 0 Å². The molecule has 1 unspecified atom stereocenters. The number of benzene rings is 2. The Morgan fingerprint density at radius 3 is 2.05 bits per heavy atom. The van der Waals surface area contributed by atoms with Gasteiger partial charge in [-0.15, -0.1) is 10.8 Å². The predicted molar refractivity (Wildman–Crippen MR) is 74.8 cm³/mol. The van der Waals surface area contributed by atoms with Crippen molar-refractivity contribution in [3.63, 3.8) is 0 Å². The highest BCUT2D eigenvalue weighted by atomic mass is 16.9. The van der Waals surface area contributed by atoms with Gasteiger partial charge in [0, 0.05) is 11.6 Å². The molecule has 0 fully saturated rings. The van der Waals surface area contributed by atoms with Crippen LogP contribution in [0.25, 0.3) is 6.08 Å². The van der Waals surface area contributed by atoms with Crippen LogP contribution in [0, 0.1) is 5.21 Å². The third-order valence-corrected chi connectivity index (χ3v) is 2.72. The number of nitrogens with zero attached hydrogens (tertiary/aromatic N) is 1. The van der Waals surface area contributed by atoms with Gasteiger partial charge in [-0.25, -0.2) is 0 Å². The topological polar surface area (TPSA) is 86.4 Å². The number of hydroxylamine groups is 2. The van der Waals surface area contributed by atoms with Crippen molar-refractivity contribution in [2.24, 2.45) is 5.84 Å². The number of ketones is 1. The highest BCUT2D eigenvalue weighted by Crippen LogP contribution is 2.17. The van der Waals surface area contributed by atoms with Gasteiger partial charge in [-0.3, -0.25) is 4.79 Å². The van der Waals surface area contributed by atoms with E-state index in [-0.39, 0.29) is 5.56 Å². The molecule has 2 rings (SSSR count). The second-order valence-electron chi connectivity index (χ2n) is 4.26. The standard InChI is InChI=1S/C15H14N2O3/c16-17(19,20)14(11-12-7-3-1-4-8-12)15(18)13-9-5-2-6-10-13/h1-11,19H,16H2. The van der Waals surface area contributed by atoms with Crippen LogP contribution in [0.5, 0.6) is 0 Å². The first kappa shape index (κ1) is 14.1. The summed E-state index contributed by atoms with van der Waals surface area (Å²) in [6.07, 6.45) is 1.28. The number of rotatable bonds is 4. The summed E-state index contributed by atoms with van der Waals surface area (Å²) in [5, 5.41) is 21.0. The maximum atomic E-state index is 12.3. The summed E-state index contributed by atoms with van der Waals surface area (Å²) >= 11 is 0. The Hall–Kier alpha value is -2.31. The minimum atomic E-state index is -2.26. The third kappa shape index (κ3) is 3.37. The molecule has 1 atom stereocenters. The summed E-state index contributed by atoms with van der Waals surface area (Å²) in [6, 6.07) is 16.9. The monoisotopic (exact) mass is 270 g/mol. The lowest BCUT2D eigenvalue weighted by molar-refractivity contribution is -1.04. The molecule has 0 amide bonds. The number of carbonyl (C=O) groups is 1. The summed E-state index contributed by atoms with van der Waals surface area (Å²) in [5.74, 6) is 4.50. The quantitative estimate of drug-likeness (QED) is 0.294. The molecule has 0 aromatic heterocycles. The predicted octanol–water partition coefficient (Wildman–Crippen LogP) is 2.49. The van der Waals surface area contributed by atoms with Gasteiger partial charge in [0.15, 0.2) is 0 Å². The summed E-state index contributed by atoms with van der Waals surface area (Å²) in [5.41, 5.74) is 0.430. The zero-order valence-electron chi connectivity index (χ0n) is 10.6. The molecule has 3 N–H and O–H groups in total. The number of allylic oxidation sites excluding steroid dienone is 1. The summed E-state index contributed by atoms with van der Waals surface area (Å²) < 4.78 is 0. The molecule has 0 spiro atoms. The Morgan fingerprint density at radius 2 is 1.55 bits per heavy atom.